The molecule has 0 radical (unpaired) electrons. The van der Waals surface area contributed by atoms with E-state index in [0.29, 0.717) is 10.8 Å². The molecular formula is C17H25N5O3S2. The Balaban J connectivity index is 2.12. The van der Waals surface area contributed by atoms with Crippen molar-refractivity contribution in [1.82, 2.24) is 19.5 Å². The summed E-state index contributed by atoms with van der Waals surface area (Å²) in [4.78, 5) is 17.0. The third-order valence-electron chi connectivity index (χ3n) is 3.89. The van der Waals surface area contributed by atoms with E-state index in [-0.39, 0.29) is 10.8 Å². The molecule has 0 aliphatic heterocycles. The zero-order chi connectivity index (χ0) is 20.2. The number of carbonyl (C=O) groups excluding carboxylic acids is 1. The van der Waals surface area contributed by atoms with Crippen molar-refractivity contribution in [1.29, 1.82) is 0 Å². The quantitative estimate of drug-likeness (QED) is 0.646. The molecule has 2 aromatic rings. The lowest BCUT2D eigenvalue weighted by Crippen LogP contribution is -2.24. The van der Waals surface area contributed by atoms with Crippen LogP contribution in [-0.2, 0) is 21.2 Å². The number of benzene rings is 1. The summed E-state index contributed by atoms with van der Waals surface area (Å²) in [6, 6.07) is 4.68. The van der Waals surface area contributed by atoms with E-state index in [1.165, 1.54) is 38.0 Å². The molecule has 0 aliphatic carbocycles. The minimum absolute atomic E-state index is 0.131. The van der Waals surface area contributed by atoms with Gasteiger partial charge in [0.2, 0.25) is 21.1 Å². The Labute approximate surface area is 164 Å². The van der Waals surface area contributed by atoms with Gasteiger partial charge in [0.1, 0.15) is 5.82 Å². The van der Waals surface area contributed by atoms with Crippen LogP contribution in [0.15, 0.2) is 28.3 Å². The standard InChI is InChI=1S/C17H25N5O3S2/c1-6-7-15-19-17(21-20-15)26-12(3)16(23)18-14-10-13(9-8-11(14)2)27(24,25)22(4)5/h8-10,12H,6-7H2,1-5H3,(H,18,23)(H,19,20,21). The molecule has 8 nitrogen and oxygen atoms in total. The Morgan fingerprint density at radius 3 is 2.70 bits per heavy atom. The maximum Gasteiger partial charge on any atom is 0.242 e. The van der Waals surface area contributed by atoms with E-state index in [2.05, 4.69) is 27.4 Å². The molecule has 1 amide bonds. The van der Waals surface area contributed by atoms with Gasteiger partial charge in [-0.1, -0.05) is 24.8 Å². The number of rotatable bonds is 8. The zero-order valence-electron chi connectivity index (χ0n) is 16.1. The van der Waals surface area contributed by atoms with Gasteiger partial charge in [-0.25, -0.2) is 17.7 Å². The number of aromatic amines is 1. The Morgan fingerprint density at radius 2 is 2.07 bits per heavy atom. The van der Waals surface area contributed by atoms with E-state index in [1.807, 2.05) is 6.92 Å². The van der Waals surface area contributed by atoms with Gasteiger partial charge in [0.25, 0.3) is 0 Å². The first kappa shape index (κ1) is 21.4. The number of carbonyl (C=O) groups is 1. The molecule has 27 heavy (non-hydrogen) atoms. The first-order valence-electron chi connectivity index (χ1n) is 8.57. The minimum atomic E-state index is -3.57. The number of aryl methyl sites for hydroxylation is 2. The predicted molar refractivity (Wildman–Crippen MR) is 106 cm³/mol. The van der Waals surface area contributed by atoms with Gasteiger partial charge in [0.15, 0.2) is 0 Å². The molecule has 1 aromatic heterocycles. The molecule has 10 heteroatoms. The van der Waals surface area contributed by atoms with Crippen molar-refractivity contribution in [2.75, 3.05) is 19.4 Å². The smallest absolute Gasteiger partial charge is 0.242 e. The van der Waals surface area contributed by atoms with Crippen LogP contribution in [-0.4, -0.2) is 53.2 Å². The van der Waals surface area contributed by atoms with Gasteiger partial charge >= 0.3 is 0 Å². The van der Waals surface area contributed by atoms with Gasteiger partial charge in [-0.05, 0) is 38.0 Å². The van der Waals surface area contributed by atoms with Crippen LogP contribution in [0.25, 0.3) is 0 Å². The molecule has 148 valence electrons. The summed E-state index contributed by atoms with van der Waals surface area (Å²) in [5.41, 5.74) is 1.25. The van der Waals surface area contributed by atoms with Gasteiger partial charge in [-0.15, -0.1) is 5.10 Å². The predicted octanol–water partition coefficient (Wildman–Crippen LogP) is 2.44. The molecule has 1 heterocycles. The molecule has 1 atom stereocenters. The number of nitrogens with zero attached hydrogens (tertiary/aromatic N) is 3. The fourth-order valence-electron chi connectivity index (χ4n) is 2.23. The highest BCUT2D eigenvalue weighted by Crippen LogP contribution is 2.25. The summed E-state index contributed by atoms with van der Waals surface area (Å²) >= 11 is 1.25. The van der Waals surface area contributed by atoms with Crippen molar-refractivity contribution in [3.63, 3.8) is 0 Å². The summed E-state index contributed by atoms with van der Waals surface area (Å²) in [7, 11) is -0.635. The number of sulfonamides is 1. The van der Waals surface area contributed by atoms with Gasteiger partial charge in [-0.2, -0.15) is 0 Å². The fourth-order valence-corrected chi connectivity index (χ4v) is 3.90. The van der Waals surface area contributed by atoms with Crippen LogP contribution in [0.2, 0.25) is 0 Å². The molecule has 1 unspecified atom stereocenters. The summed E-state index contributed by atoms with van der Waals surface area (Å²) in [5, 5.41) is 9.85. The fraction of sp³-hybridized carbons (Fsp3) is 0.471. The second-order valence-corrected chi connectivity index (χ2v) is 9.79. The van der Waals surface area contributed by atoms with Gasteiger partial charge in [0, 0.05) is 26.2 Å². The van der Waals surface area contributed by atoms with Crippen LogP contribution in [0.3, 0.4) is 0 Å². The summed E-state index contributed by atoms with van der Waals surface area (Å²) in [5.74, 6) is 0.550. The van der Waals surface area contributed by atoms with E-state index in [4.69, 9.17) is 0 Å². The lowest BCUT2D eigenvalue weighted by Gasteiger charge is -2.15. The van der Waals surface area contributed by atoms with Crippen molar-refractivity contribution in [3.05, 3.63) is 29.6 Å². The third kappa shape index (κ3) is 5.30. The number of nitrogens with one attached hydrogen (secondary N) is 2. The molecule has 1 aromatic carbocycles. The van der Waals surface area contributed by atoms with Crippen LogP contribution in [0, 0.1) is 6.92 Å². The maximum atomic E-state index is 12.5. The highest BCUT2D eigenvalue weighted by atomic mass is 32.2. The number of anilines is 1. The van der Waals surface area contributed by atoms with Crippen LogP contribution in [0.5, 0.6) is 0 Å². The van der Waals surface area contributed by atoms with Crippen molar-refractivity contribution >= 4 is 33.4 Å². The molecule has 2 rings (SSSR count). The highest BCUT2D eigenvalue weighted by molar-refractivity contribution is 8.00. The molecule has 0 bridgehead atoms. The SMILES string of the molecule is CCCc1nc(SC(C)C(=O)Nc2cc(S(=O)(=O)N(C)C)ccc2C)n[nH]1. The molecule has 0 spiro atoms. The Kier molecular flexibility index (Phi) is 7.01. The molecule has 0 saturated carbocycles. The Hall–Kier alpha value is -1.91. The van der Waals surface area contributed by atoms with Gasteiger partial charge < -0.3 is 5.32 Å². The number of hydrogen-bond donors (Lipinski definition) is 2. The number of hydrogen-bond acceptors (Lipinski definition) is 6. The largest absolute Gasteiger partial charge is 0.325 e. The van der Waals surface area contributed by atoms with E-state index < -0.39 is 15.3 Å². The molecule has 2 N–H and O–H groups in total. The van der Waals surface area contributed by atoms with E-state index in [9.17, 15) is 13.2 Å². The van der Waals surface area contributed by atoms with Crippen LogP contribution in [0.4, 0.5) is 5.69 Å². The monoisotopic (exact) mass is 411 g/mol. The van der Waals surface area contributed by atoms with Crippen molar-refractivity contribution in [3.8, 4) is 0 Å². The number of amides is 1. The summed E-state index contributed by atoms with van der Waals surface area (Å²) < 4.78 is 25.7. The first-order valence-corrected chi connectivity index (χ1v) is 10.9. The van der Waals surface area contributed by atoms with Crippen LogP contribution >= 0.6 is 11.8 Å². The average molecular weight is 412 g/mol. The second-order valence-electron chi connectivity index (χ2n) is 6.33. The minimum Gasteiger partial charge on any atom is -0.325 e. The van der Waals surface area contributed by atoms with Gasteiger partial charge in [0.05, 0.1) is 10.1 Å². The number of H-pyrrole nitrogens is 1. The van der Waals surface area contributed by atoms with E-state index in [1.54, 1.807) is 13.0 Å². The van der Waals surface area contributed by atoms with Gasteiger partial charge in [-0.3, -0.25) is 9.89 Å². The topological polar surface area (TPSA) is 108 Å². The zero-order valence-corrected chi connectivity index (χ0v) is 17.7. The summed E-state index contributed by atoms with van der Waals surface area (Å²) in [6.07, 6.45) is 1.77. The van der Waals surface area contributed by atoms with Crippen molar-refractivity contribution < 1.29 is 13.2 Å². The van der Waals surface area contributed by atoms with Crippen molar-refractivity contribution in [2.45, 2.75) is 48.9 Å². The van der Waals surface area contributed by atoms with Crippen molar-refractivity contribution in [2.24, 2.45) is 0 Å². The molecule has 0 saturated heterocycles. The number of aromatic nitrogens is 3. The van der Waals surface area contributed by atoms with E-state index >= 15 is 0 Å². The molecular weight excluding hydrogens is 386 g/mol. The second kappa shape index (κ2) is 8.85. The van der Waals surface area contributed by atoms with Crippen LogP contribution in [0.1, 0.15) is 31.7 Å². The molecule has 0 aliphatic rings. The third-order valence-corrected chi connectivity index (χ3v) is 6.67. The highest BCUT2D eigenvalue weighted by Gasteiger charge is 2.21. The first-order chi connectivity index (χ1) is 12.6. The average Bonchev–Trinajstić information content (AvgIpc) is 3.03. The maximum absolute atomic E-state index is 12.5. The van der Waals surface area contributed by atoms with Crippen LogP contribution < -0.4 is 5.32 Å². The Morgan fingerprint density at radius 1 is 1.37 bits per heavy atom. The molecule has 0 fully saturated rings. The normalized spacial score (nSPS) is 13.0. The number of thioether (sulfide) groups is 1. The summed E-state index contributed by atoms with van der Waals surface area (Å²) in [6.45, 7) is 5.62. The lowest BCUT2D eigenvalue weighted by molar-refractivity contribution is -0.115. The Bertz CT molecular complexity index is 909. The lowest BCUT2D eigenvalue weighted by atomic mass is 10.2. The van der Waals surface area contributed by atoms with E-state index in [0.717, 1.165) is 28.5 Å².